The summed E-state index contributed by atoms with van der Waals surface area (Å²) in [5, 5.41) is 4.04. The predicted octanol–water partition coefficient (Wildman–Crippen LogP) is 4.90. The van der Waals surface area contributed by atoms with E-state index in [1.54, 1.807) is 0 Å². The Kier molecular flexibility index (Phi) is 6.01. The highest BCUT2D eigenvalue weighted by atomic mass is 15.0. The van der Waals surface area contributed by atoms with E-state index >= 15 is 0 Å². The summed E-state index contributed by atoms with van der Waals surface area (Å²) >= 11 is 0. The minimum absolute atomic E-state index is 0.809. The first-order chi connectivity index (χ1) is 8.79. The van der Waals surface area contributed by atoms with Crippen molar-refractivity contribution in [3.8, 4) is 0 Å². The summed E-state index contributed by atoms with van der Waals surface area (Å²) in [6, 6.07) is 1.63. The van der Waals surface area contributed by atoms with Crippen LogP contribution in [0.4, 0.5) is 0 Å². The van der Waals surface area contributed by atoms with Gasteiger partial charge in [0.05, 0.1) is 0 Å². The van der Waals surface area contributed by atoms with E-state index in [2.05, 4.69) is 19.2 Å². The zero-order valence-electron chi connectivity index (χ0n) is 12.6. The molecule has 0 saturated heterocycles. The minimum Gasteiger partial charge on any atom is -0.311 e. The molecule has 0 aromatic heterocycles. The molecule has 1 N–H and O–H groups in total. The Morgan fingerprint density at radius 2 is 1.67 bits per heavy atom. The van der Waals surface area contributed by atoms with Gasteiger partial charge in [0, 0.05) is 12.1 Å². The molecule has 0 radical (unpaired) electrons. The van der Waals surface area contributed by atoms with Gasteiger partial charge in [-0.15, -0.1) is 0 Å². The van der Waals surface area contributed by atoms with Crippen LogP contribution in [0.25, 0.3) is 0 Å². The maximum atomic E-state index is 4.04. The molecular formula is C17H33N. The summed E-state index contributed by atoms with van der Waals surface area (Å²) in [6.07, 6.45) is 15.9. The molecule has 2 aliphatic rings. The Balaban J connectivity index is 1.81. The van der Waals surface area contributed by atoms with Crippen LogP contribution < -0.4 is 5.32 Å². The zero-order valence-corrected chi connectivity index (χ0v) is 12.6. The van der Waals surface area contributed by atoms with E-state index in [0.717, 1.165) is 23.9 Å². The summed E-state index contributed by atoms with van der Waals surface area (Å²) < 4.78 is 0. The molecular weight excluding hydrogens is 218 g/mol. The molecule has 1 nitrogen and oxygen atoms in total. The van der Waals surface area contributed by atoms with E-state index in [1.165, 1.54) is 70.6 Å². The minimum atomic E-state index is 0.809. The average molecular weight is 251 g/mol. The highest BCUT2D eigenvalue weighted by Crippen LogP contribution is 2.29. The van der Waals surface area contributed by atoms with E-state index in [1.807, 2.05) is 0 Å². The molecule has 0 aliphatic heterocycles. The Morgan fingerprint density at radius 3 is 2.39 bits per heavy atom. The molecule has 106 valence electrons. The summed E-state index contributed by atoms with van der Waals surface area (Å²) in [5.41, 5.74) is 0. The molecule has 3 unspecified atom stereocenters. The second-order valence-corrected chi connectivity index (χ2v) is 6.89. The quantitative estimate of drug-likeness (QED) is 0.700. The van der Waals surface area contributed by atoms with Crippen molar-refractivity contribution in [2.24, 2.45) is 11.8 Å². The largest absolute Gasteiger partial charge is 0.311 e. The first-order valence-electron chi connectivity index (χ1n) is 8.55. The normalized spacial score (nSPS) is 33.0. The lowest BCUT2D eigenvalue weighted by Crippen LogP contribution is -2.43. The van der Waals surface area contributed by atoms with E-state index in [-0.39, 0.29) is 0 Å². The topological polar surface area (TPSA) is 12.0 Å². The second-order valence-electron chi connectivity index (χ2n) is 6.89. The van der Waals surface area contributed by atoms with Crippen molar-refractivity contribution in [3.63, 3.8) is 0 Å². The number of rotatable bonds is 4. The lowest BCUT2D eigenvalue weighted by atomic mass is 9.82. The Labute approximate surface area is 114 Å². The molecule has 18 heavy (non-hydrogen) atoms. The van der Waals surface area contributed by atoms with Crippen LogP contribution in [-0.4, -0.2) is 12.1 Å². The van der Waals surface area contributed by atoms with E-state index in [0.29, 0.717) is 0 Å². The van der Waals surface area contributed by atoms with Gasteiger partial charge in [-0.25, -0.2) is 0 Å². The Bertz CT molecular complexity index is 220. The van der Waals surface area contributed by atoms with Crippen molar-refractivity contribution in [1.29, 1.82) is 0 Å². The molecule has 0 bridgehead atoms. The molecule has 0 aromatic rings. The summed E-state index contributed by atoms with van der Waals surface area (Å²) in [4.78, 5) is 0. The lowest BCUT2D eigenvalue weighted by Gasteiger charge is -2.33. The molecule has 1 heteroatoms. The monoisotopic (exact) mass is 251 g/mol. The smallest absolute Gasteiger partial charge is 0.00952 e. The maximum Gasteiger partial charge on any atom is 0.00952 e. The van der Waals surface area contributed by atoms with Gasteiger partial charge in [0.2, 0.25) is 0 Å². The molecule has 2 fully saturated rings. The molecule has 2 saturated carbocycles. The second kappa shape index (κ2) is 7.53. The molecule has 2 aliphatic carbocycles. The third-order valence-electron chi connectivity index (χ3n) is 5.37. The summed E-state index contributed by atoms with van der Waals surface area (Å²) in [5.74, 6) is 1.94. The van der Waals surface area contributed by atoms with Gasteiger partial charge in [0.25, 0.3) is 0 Å². The van der Waals surface area contributed by atoms with Crippen LogP contribution >= 0.6 is 0 Å². The Hall–Kier alpha value is -0.0400. The van der Waals surface area contributed by atoms with Crippen molar-refractivity contribution >= 4 is 0 Å². The van der Waals surface area contributed by atoms with E-state index in [4.69, 9.17) is 0 Å². The number of hydrogen-bond donors (Lipinski definition) is 1. The highest BCUT2D eigenvalue weighted by Gasteiger charge is 2.25. The SMILES string of the molecule is CCC(NC1CCCC(C)CC1)C1CCCCC1. The van der Waals surface area contributed by atoms with Gasteiger partial charge in [-0.1, -0.05) is 46.0 Å². The van der Waals surface area contributed by atoms with Crippen LogP contribution in [0, 0.1) is 11.8 Å². The van der Waals surface area contributed by atoms with Crippen molar-refractivity contribution in [2.75, 3.05) is 0 Å². The summed E-state index contributed by atoms with van der Waals surface area (Å²) in [7, 11) is 0. The lowest BCUT2D eigenvalue weighted by molar-refractivity contribution is 0.238. The Morgan fingerprint density at radius 1 is 0.889 bits per heavy atom. The average Bonchev–Trinajstić information content (AvgIpc) is 2.62. The van der Waals surface area contributed by atoms with Crippen molar-refractivity contribution < 1.29 is 0 Å². The van der Waals surface area contributed by atoms with Crippen LogP contribution in [-0.2, 0) is 0 Å². The van der Waals surface area contributed by atoms with Crippen molar-refractivity contribution in [1.82, 2.24) is 5.32 Å². The fourth-order valence-corrected chi connectivity index (χ4v) is 4.08. The molecule has 3 atom stereocenters. The molecule has 0 aromatic carbocycles. The van der Waals surface area contributed by atoms with Crippen molar-refractivity contribution in [2.45, 2.75) is 96.6 Å². The van der Waals surface area contributed by atoms with Crippen LogP contribution in [0.5, 0.6) is 0 Å². The van der Waals surface area contributed by atoms with Gasteiger partial charge in [-0.05, 0) is 50.4 Å². The van der Waals surface area contributed by atoms with Gasteiger partial charge in [-0.3, -0.25) is 0 Å². The third-order valence-corrected chi connectivity index (χ3v) is 5.37. The van der Waals surface area contributed by atoms with E-state index < -0.39 is 0 Å². The van der Waals surface area contributed by atoms with Crippen molar-refractivity contribution in [3.05, 3.63) is 0 Å². The first kappa shape index (κ1) is 14.4. The molecule has 2 rings (SSSR count). The highest BCUT2D eigenvalue weighted by molar-refractivity contribution is 4.83. The van der Waals surface area contributed by atoms with Gasteiger partial charge in [0.1, 0.15) is 0 Å². The van der Waals surface area contributed by atoms with Crippen LogP contribution in [0.2, 0.25) is 0 Å². The third kappa shape index (κ3) is 4.26. The van der Waals surface area contributed by atoms with Gasteiger partial charge in [-0.2, -0.15) is 0 Å². The fourth-order valence-electron chi connectivity index (χ4n) is 4.08. The van der Waals surface area contributed by atoms with Gasteiger partial charge < -0.3 is 5.32 Å². The molecule has 0 amide bonds. The maximum absolute atomic E-state index is 4.04. The van der Waals surface area contributed by atoms with Crippen LogP contribution in [0.3, 0.4) is 0 Å². The molecule has 0 heterocycles. The predicted molar refractivity (Wildman–Crippen MR) is 79.8 cm³/mol. The van der Waals surface area contributed by atoms with Crippen LogP contribution in [0.15, 0.2) is 0 Å². The van der Waals surface area contributed by atoms with E-state index in [9.17, 15) is 0 Å². The van der Waals surface area contributed by atoms with Gasteiger partial charge >= 0.3 is 0 Å². The van der Waals surface area contributed by atoms with Gasteiger partial charge in [0.15, 0.2) is 0 Å². The first-order valence-corrected chi connectivity index (χ1v) is 8.55. The fraction of sp³-hybridized carbons (Fsp3) is 1.00. The zero-order chi connectivity index (χ0) is 12.8. The summed E-state index contributed by atoms with van der Waals surface area (Å²) in [6.45, 7) is 4.81. The molecule has 0 spiro atoms. The standard InChI is InChI=1S/C17H33N/c1-3-17(15-9-5-4-6-10-15)18-16-11-7-8-14(2)12-13-16/h14-18H,3-13H2,1-2H3. The number of nitrogens with one attached hydrogen (secondary N) is 1. The van der Waals surface area contributed by atoms with Crippen LogP contribution in [0.1, 0.15) is 84.5 Å². The number of hydrogen-bond acceptors (Lipinski definition) is 1.